The fourth-order valence-electron chi connectivity index (χ4n) is 1.25. The van der Waals surface area contributed by atoms with Crippen LogP contribution < -0.4 is 0 Å². The van der Waals surface area contributed by atoms with Crippen LogP contribution in [-0.2, 0) is 14.3 Å². The highest BCUT2D eigenvalue weighted by molar-refractivity contribution is 5.75. The van der Waals surface area contributed by atoms with E-state index in [0.29, 0.717) is 13.2 Å². The number of carbonyl (C=O) groups is 2. The first kappa shape index (κ1) is 9.98. The summed E-state index contributed by atoms with van der Waals surface area (Å²) in [4.78, 5) is 23.2. The van der Waals surface area contributed by atoms with E-state index < -0.39 is 11.9 Å². The second-order valence-corrected chi connectivity index (χ2v) is 3.08. The summed E-state index contributed by atoms with van der Waals surface area (Å²) in [6.07, 6.45) is 0. The Morgan fingerprint density at radius 2 is 2.23 bits per heavy atom. The molecule has 13 heavy (non-hydrogen) atoms. The summed E-state index contributed by atoms with van der Waals surface area (Å²) >= 11 is 0. The molecule has 1 atom stereocenters. The molecule has 0 aromatic rings. The van der Waals surface area contributed by atoms with Gasteiger partial charge in [-0.25, -0.2) is 0 Å². The van der Waals surface area contributed by atoms with E-state index in [1.165, 1.54) is 11.8 Å². The van der Waals surface area contributed by atoms with Crippen molar-refractivity contribution in [1.82, 2.24) is 4.90 Å². The van der Waals surface area contributed by atoms with Gasteiger partial charge in [0.05, 0.1) is 19.1 Å². The van der Waals surface area contributed by atoms with Crippen LogP contribution in [0, 0.1) is 5.92 Å². The summed E-state index contributed by atoms with van der Waals surface area (Å²) in [5.41, 5.74) is 0. The summed E-state index contributed by atoms with van der Waals surface area (Å²) in [6, 6.07) is 0. The molecule has 1 aliphatic rings. The Hall–Kier alpha value is -1.10. The fraction of sp³-hybridized carbons (Fsp3) is 0.750. The van der Waals surface area contributed by atoms with E-state index in [4.69, 9.17) is 9.84 Å². The number of carboxylic acids is 1. The van der Waals surface area contributed by atoms with E-state index >= 15 is 0 Å². The summed E-state index contributed by atoms with van der Waals surface area (Å²) < 4.78 is 5.07. The van der Waals surface area contributed by atoms with Gasteiger partial charge in [0.15, 0.2) is 0 Å². The van der Waals surface area contributed by atoms with Gasteiger partial charge in [0.2, 0.25) is 5.91 Å². The lowest BCUT2D eigenvalue weighted by Gasteiger charge is -2.19. The largest absolute Gasteiger partial charge is 0.481 e. The van der Waals surface area contributed by atoms with Crippen LogP contribution in [0.5, 0.6) is 0 Å². The number of carbonyl (C=O) groups excluding carboxylic acids is 1. The highest BCUT2D eigenvalue weighted by Crippen LogP contribution is 2.07. The van der Waals surface area contributed by atoms with Gasteiger partial charge >= 0.3 is 5.97 Å². The van der Waals surface area contributed by atoms with Gasteiger partial charge in [-0.3, -0.25) is 9.59 Å². The summed E-state index contributed by atoms with van der Waals surface area (Å²) in [7, 11) is 0. The van der Waals surface area contributed by atoms with Gasteiger partial charge in [0.1, 0.15) is 0 Å². The van der Waals surface area contributed by atoms with Gasteiger partial charge < -0.3 is 14.7 Å². The van der Waals surface area contributed by atoms with Crippen molar-refractivity contribution in [3.05, 3.63) is 0 Å². The molecule has 0 unspecified atom stereocenters. The van der Waals surface area contributed by atoms with E-state index in [1.54, 1.807) is 0 Å². The van der Waals surface area contributed by atoms with Crippen molar-refractivity contribution in [2.24, 2.45) is 5.92 Å². The first-order valence-corrected chi connectivity index (χ1v) is 4.17. The Kier molecular flexibility index (Phi) is 3.25. The van der Waals surface area contributed by atoms with Crippen molar-refractivity contribution in [1.29, 1.82) is 0 Å². The molecule has 5 nitrogen and oxygen atoms in total. The lowest BCUT2D eigenvalue weighted by Crippen LogP contribution is -2.36. The van der Waals surface area contributed by atoms with Crippen LogP contribution in [0.3, 0.4) is 0 Å². The van der Waals surface area contributed by atoms with Crippen molar-refractivity contribution in [2.45, 2.75) is 6.92 Å². The Balaban J connectivity index is 2.59. The van der Waals surface area contributed by atoms with Crippen molar-refractivity contribution in [3.8, 4) is 0 Å². The molecule has 5 heteroatoms. The minimum atomic E-state index is -0.909. The zero-order valence-electron chi connectivity index (χ0n) is 7.52. The number of nitrogens with zero attached hydrogens (tertiary/aromatic N) is 1. The molecular formula is C8H13NO4. The van der Waals surface area contributed by atoms with Crippen LogP contribution in [0.25, 0.3) is 0 Å². The van der Waals surface area contributed by atoms with Crippen LogP contribution in [0.2, 0.25) is 0 Å². The molecular weight excluding hydrogens is 174 g/mol. The number of ether oxygens (including phenoxy) is 1. The molecule has 1 fully saturated rings. The molecule has 1 aliphatic heterocycles. The third-order valence-corrected chi connectivity index (χ3v) is 2.06. The second kappa shape index (κ2) is 4.23. The molecule has 74 valence electrons. The molecule has 0 aliphatic carbocycles. The number of hydrogen-bond acceptors (Lipinski definition) is 3. The minimum Gasteiger partial charge on any atom is -0.481 e. The molecule has 0 aromatic carbocycles. The Morgan fingerprint density at radius 3 is 2.77 bits per heavy atom. The van der Waals surface area contributed by atoms with E-state index in [2.05, 4.69) is 0 Å². The van der Waals surface area contributed by atoms with Gasteiger partial charge in [0.25, 0.3) is 0 Å². The van der Waals surface area contributed by atoms with E-state index in [0.717, 1.165) is 0 Å². The lowest BCUT2D eigenvalue weighted by atomic mass is 10.1. The predicted octanol–water partition coefficient (Wildman–Crippen LogP) is -0.434. The maximum absolute atomic E-state index is 11.0. The van der Waals surface area contributed by atoms with Crippen molar-refractivity contribution < 1.29 is 19.4 Å². The van der Waals surface area contributed by atoms with Gasteiger partial charge in [-0.1, -0.05) is 0 Å². The second-order valence-electron chi connectivity index (χ2n) is 3.08. The highest BCUT2D eigenvalue weighted by Gasteiger charge is 2.25. The molecule has 1 N–H and O–H groups in total. The normalized spacial score (nSPS) is 23.8. The number of hydrogen-bond donors (Lipinski definition) is 1. The van der Waals surface area contributed by atoms with Gasteiger partial charge in [-0.15, -0.1) is 0 Å². The zero-order chi connectivity index (χ0) is 9.84. The summed E-state index contributed by atoms with van der Waals surface area (Å²) in [5, 5.41) is 8.74. The van der Waals surface area contributed by atoms with Gasteiger partial charge in [-0.05, 0) is 0 Å². The number of amides is 1. The number of carboxylic acid groups (broad SMARTS) is 1. The lowest BCUT2D eigenvalue weighted by molar-refractivity contribution is -0.144. The Morgan fingerprint density at radius 1 is 1.54 bits per heavy atom. The molecule has 0 bridgehead atoms. The van der Waals surface area contributed by atoms with E-state index in [1.807, 2.05) is 0 Å². The van der Waals surface area contributed by atoms with Crippen LogP contribution in [0.15, 0.2) is 0 Å². The molecule has 1 saturated heterocycles. The zero-order valence-corrected chi connectivity index (χ0v) is 7.52. The predicted molar refractivity (Wildman–Crippen MR) is 44.2 cm³/mol. The molecule has 1 rings (SSSR count). The van der Waals surface area contributed by atoms with Crippen LogP contribution in [-0.4, -0.2) is 48.2 Å². The summed E-state index contributed by atoms with van der Waals surface area (Å²) in [5.74, 6) is -1.60. The standard InChI is InChI=1S/C8H13NO4/c1-6(10)9-2-3-13-5-7(4-9)8(11)12/h7H,2-5H2,1H3,(H,11,12)/t7-/m0/s1. The maximum Gasteiger partial charge on any atom is 0.310 e. The third kappa shape index (κ3) is 2.69. The average Bonchev–Trinajstić information content (AvgIpc) is 2.28. The smallest absolute Gasteiger partial charge is 0.310 e. The number of aliphatic carboxylic acids is 1. The fourth-order valence-corrected chi connectivity index (χ4v) is 1.25. The Bertz CT molecular complexity index is 194. The first-order valence-electron chi connectivity index (χ1n) is 4.17. The summed E-state index contributed by atoms with van der Waals surface area (Å²) in [6.45, 7) is 2.79. The van der Waals surface area contributed by atoms with Crippen molar-refractivity contribution >= 4 is 11.9 Å². The molecule has 0 spiro atoms. The van der Waals surface area contributed by atoms with E-state index in [9.17, 15) is 9.59 Å². The Labute approximate surface area is 76.3 Å². The number of rotatable bonds is 1. The van der Waals surface area contributed by atoms with Crippen LogP contribution >= 0.6 is 0 Å². The van der Waals surface area contributed by atoms with Crippen molar-refractivity contribution in [2.75, 3.05) is 26.3 Å². The molecule has 0 saturated carbocycles. The van der Waals surface area contributed by atoms with Crippen LogP contribution in [0.1, 0.15) is 6.92 Å². The molecule has 1 heterocycles. The third-order valence-electron chi connectivity index (χ3n) is 2.06. The first-order chi connectivity index (χ1) is 6.11. The minimum absolute atomic E-state index is 0.100. The average molecular weight is 187 g/mol. The quantitative estimate of drug-likeness (QED) is 0.604. The highest BCUT2D eigenvalue weighted by atomic mass is 16.5. The SMILES string of the molecule is CC(=O)N1CCOC[C@@H](C(=O)O)C1. The molecule has 1 amide bonds. The van der Waals surface area contributed by atoms with Crippen molar-refractivity contribution in [3.63, 3.8) is 0 Å². The van der Waals surface area contributed by atoms with Crippen LogP contribution in [0.4, 0.5) is 0 Å². The van der Waals surface area contributed by atoms with E-state index in [-0.39, 0.29) is 19.1 Å². The maximum atomic E-state index is 11.0. The van der Waals surface area contributed by atoms with Gasteiger partial charge in [-0.2, -0.15) is 0 Å². The molecule has 0 aromatic heterocycles. The topological polar surface area (TPSA) is 66.8 Å². The van der Waals surface area contributed by atoms with Gasteiger partial charge in [0, 0.05) is 20.0 Å². The monoisotopic (exact) mass is 187 g/mol. The molecule has 0 radical (unpaired) electrons.